The van der Waals surface area contributed by atoms with Crippen LogP contribution >= 0.6 is 0 Å². The molecule has 0 amide bonds. The summed E-state index contributed by atoms with van der Waals surface area (Å²) >= 11 is 0. The first-order valence-electron chi connectivity index (χ1n) is 5.65. The smallest absolute Gasteiger partial charge is 0.205 e. The third-order valence-corrected chi connectivity index (χ3v) is 2.56. The van der Waals surface area contributed by atoms with E-state index < -0.39 is 5.82 Å². The van der Waals surface area contributed by atoms with Gasteiger partial charge in [0.2, 0.25) is 5.75 Å². The van der Waals surface area contributed by atoms with Gasteiger partial charge in [-0.2, -0.15) is 0 Å². The molecule has 4 N–H and O–H groups in total. The molecule has 1 aromatic heterocycles. The fourth-order valence-corrected chi connectivity index (χ4v) is 1.64. The Hall–Kier alpha value is -2.61. The van der Waals surface area contributed by atoms with Crippen molar-refractivity contribution in [2.75, 3.05) is 25.0 Å². The minimum Gasteiger partial charge on any atom is -0.494 e. The zero-order chi connectivity index (χ0) is 14.5. The first kappa shape index (κ1) is 13.8. The van der Waals surface area contributed by atoms with E-state index >= 15 is 0 Å². The molecule has 7 nitrogen and oxygen atoms in total. The number of hydrogen-bond acceptors (Lipinski definition) is 7. The quantitative estimate of drug-likeness (QED) is 0.566. The van der Waals surface area contributed by atoms with Gasteiger partial charge in [0.05, 0.1) is 14.2 Å². The number of nitrogen functional groups attached to an aromatic ring is 1. The second kappa shape index (κ2) is 6.02. The Balaban J connectivity index is 2.32. The standard InChI is InChI=1S/C12H14FN5O2/c1-19-9-4-3-7(5-8(9)13)17-11-10(20-2)12(18-14)16-6-15-11/h3-6H,14H2,1-2H3,(H2,15,16,17,18). The molecule has 20 heavy (non-hydrogen) atoms. The molecule has 0 spiro atoms. The lowest BCUT2D eigenvalue weighted by Crippen LogP contribution is -2.11. The third-order valence-electron chi connectivity index (χ3n) is 2.56. The van der Waals surface area contributed by atoms with Crippen molar-refractivity contribution in [3.8, 4) is 11.5 Å². The number of nitrogens with two attached hydrogens (primary N) is 1. The second-order valence-electron chi connectivity index (χ2n) is 3.72. The van der Waals surface area contributed by atoms with Gasteiger partial charge < -0.3 is 20.2 Å². The number of halogens is 1. The van der Waals surface area contributed by atoms with Gasteiger partial charge in [-0.05, 0) is 12.1 Å². The van der Waals surface area contributed by atoms with Crippen LogP contribution in [-0.4, -0.2) is 24.2 Å². The van der Waals surface area contributed by atoms with Crippen LogP contribution in [0.4, 0.5) is 21.7 Å². The lowest BCUT2D eigenvalue weighted by Gasteiger charge is -2.13. The first-order valence-corrected chi connectivity index (χ1v) is 5.65. The van der Waals surface area contributed by atoms with Gasteiger partial charge >= 0.3 is 0 Å². The van der Waals surface area contributed by atoms with Crippen LogP contribution in [0.3, 0.4) is 0 Å². The van der Waals surface area contributed by atoms with Crippen molar-refractivity contribution < 1.29 is 13.9 Å². The van der Waals surface area contributed by atoms with Gasteiger partial charge in [0.1, 0.15) is 6.33 Å². The molecular formula is C12H14FN5O2. The number of hydrogen-bond donors (Lipinski definition) is 3. The summed E-state index contributed by atoms with van der Waals surface area (Å²) in [4.78, 5) is 7.94. The minimum atomic E-state index is -0.484. The van der Waals surface area contributed by atoms with E-state index in [-0.39, 0.29) is 5.75 Å². The summed E-state index contributed by atoms with van der Waals surface area (Å²) in [5.74, 6) is 6.01. The van der Waals surface area contributed by atoms with Crippen molar-refractivity contribution >= 4 is 17.3 Å². The molecule has 0 unspecified atom stereocenters. The lowest BCUT2D eigenvalue weighted by molar-refractivity contribution is 0.386. The van der Waals surface area contributed by atoms with Crippen LogP contribution in [0.25, 0.3) is 0 Å². The minimum absolute atomic E-state index is 0.162. The highest BCUT2D eigenvalue weighted by molar-refractivity contribution is 5.69. The predicted molar refractivity (Wildman–Crippen MR) is 72.6 cm³/mol. The number of benzene rings is 1. The van der Waals surface area contributed by atoms with Crippen LogP contribution in [-0.2, 0) is 0 Å². The van der Waals surface area contributed by atoms with E-state index in [0.717, 1.165) is 0 Å². The third kappa shape index (κ3) is 2.69. The second-order valence-corrected chi connectivity index (χ2v) is 3.72. The normalized spacial score (nSPS) is 10.0. The van der Waals surface area contributed by atoms with E-state index in [0.29, 0.717) is 23.1 Å². The molecule has 1 heterocycles. The molecule has 0 aliphatic rings. The zero-order valence-corrected chi connectivity index (χ0v) is 11.0. The number of nitrogens with one attached hydrogen (secondary N) is 2. The molecule has 106 valence electrons. The summed E-state index contributed by atoms with van der Waals surface area (Å²) in [5, 5.41) is 2.92. The predicted octanol–water partition coefficient (Wildman–Crippen LogP) is 1.66. The summed E-state index contributed by atoms with van der Waals surface area (Å²) < 4.78 is 23.6. The summed E-state index contributed by atoms with van der Waals surface area (Å²) in [6, 6.07) is 4.45. The Labute approximate surface area is 114 Å². The first-order chi connectivity index (χ1) is 9.69. The van der Waals surface area contributed by atoms with Gasteiger partial charge in [-0.3, -0.25) is 0 Å². The number of ether oxygens (including phenoxy) is 2. The Kier molecular flexibility index (Phi) is 4.16. The number of hydrazine groups is 1. The van der Waals surface area contributed by atoms with Crippen molar-refractivity contribution in [2.24, 2.45) is 5.84 Å². The summed E-state index contributed by atoms with van der Waals surface area (Å²) in [6.45, 7) is 0. The molecule has 0 aliphatic heterocycles. The maximum absolute atomic E-state index is 13.6. The highest BCUT2D eigenvalue weighted by Crippen LogP contribution is 2.31. The Morgan fingerprint density at radius 1 is 1.15 bits per heavy atom. The van der Waals surface area contributed by atoms with Gasteiger partial charge in [0.15, 0.2) is 23.2 Å². The van der Waals surface area contributed by atoms with Crippen LogP contribution in [0.2, 0.25) is 0 Å². The number of nitrogens with zero attached hydrogens (tertiary/aromatic N) is 2. The Bertz CT molecular complexity index is 608. The highest BCUT2D eigenvalue weighted by Gasteiger charge is 2.12. The lowest BCUT2D eigenvalue weighted by atomic mass is 10.3. The molecular weight excluding hydrogens is 265 g/mol. The van der Waals surface area contributed by atoms with Gasteiger partial charge in [-0.15, -0.1) is 0 Å². The van der Waals surface area contributed by atoms with Crippen molar-refractivity contribution in [1.82, 2.24) is 9.97 Å². The number of methoxy groups -OCH3 is 2. The molecule has 1 aromatic carbocycles. The highest BCUT2D eigenvalue weighted by atomic mass is 19.1. The summed E-state index contributed by atoms with van der Waals surface area (Å²) in [7, 11) is 2.86. The fourth-order valence-electron chi connectivity index (χ4n) is 1.64. The Morgan fingerprint density at radius 3 is 2.50 bits per heavy atom. The van der Waals surface area contributed by atoms with Gasteiger partial charge in [-0.25, -0.2) is 20.2 Å². The van der Waals surface area contributed by atoms with Gasteiger partial charge in [0.25, 0.3) is 0 Å². The molecule has 2 rings (SSSR count). The van der Waals surface area contributed by atoms with E-state index in [9.17, 15) is 4.39 Å². The molecule has 0 bridgehead atoms. The number of rotatable bonds is 5. The van der Waals surface area contributed by atoms with E-state index in [1.165, 1.54) is 32.7 Å². The van der Waals surface area contributed by atoms with Crippen LogP contribution < -0.4 is 26.1 Å². The average molecular weight is 279 g/mol. The van der Waals surface area contributed by atoms with E-state index in [2.05, 4.69) is 20.7 Å². The van der Waals surface area contributed by atoms with Crippen molar-refractivity contribution in [3.05, 3.63) is 30.3 Å². The SMILES string of the molecule is COc1ccc(Nc2ncnc(NN)c2OC)cc1F. The molecule has 0 saturated heterocycles. The van der Waals surface area contributed by atoms with Crippen molar-refractivity contribution in [2.45, 2.75) is 0 Å². The van der Waals surface area contributed by atoms with E-state index in [4.69, 9.17) is 15.3 Å². The van der Waals surface area contributed by atoms with Crippen LogP contribution in [0.15, 0.2) is 24.5 Å². The molecule has 0 fully saturated rings. The molecule has 0 atom stereocenters. The van der Waals surface area contributed by atoms with Crippen molar-refractivity contribution in [1.29, 1.82) is 0 Å². The van der Waals surface area contributed by atoms with E-state index in [1.54, 1.807) is 6.07 Å². The summed E-state index contributed by atoms with van der Waals surface area (Å²) in [5.41, 5.74) is 2.88. The monoisotopic (exact) mass is 279 g/mol. The average Bonchev–Trinajstić information content (AvgIpc) is 2.47. The zero-order valence-electron chi connectivity index (χ0n) is 11.0. The summed E-state index contributed by atoms with van der Waals surface area (Å²) in [6.07, 6.45) is 1.31. The Morgan fingerprint density at radius 2 is 1.90 bits per heavy atom. The molecule has 0 radical (unpaired) electrons. The fraction of sp³-hybridized carbons (Fsp3) is 0.167. The molecule has 8 heteroatoms. The van der Waals surface area contributed by atoms with Gasteiger partial charge in [0, 0.05) is 11.8 Å². The number of anilines is 3. The van der Waals surface area contributed by atoms with Crippen LogP contribution in [0, 0.1) is 5.82 Å². The maximum Gasteiger partial charge on any atom is 0.205 e. The van der Waals surface area contributed by atoms with Crippen LogP contribution in [0.1, 0.15) is 0 Å². The van der Waals surface area contributed by atoms with E-state index in [1.807, 2.05) is 0 Å². The molecule has 0 aliphatic carbocycles. The van der Waals surface area contributed by atoms with Gasteiger partial charge in [-0.1, -0.05) is 0 Å². The maximum atomic E-state index is 13.6. The topological polar surface area (TPSA) is 94.3 Å². The van der Waals surface area contributed by atoms with Crippen molar-refractivity contribution in [3.63, 3.8) is 0 Å². The largest absolute Gasteiger partial charge is 0.494 e. The molecule has 0 saturated carbocycles. The van der Waals surface area contributed by atoms with Crippen LogP contribution in [0.5, 0.6) is 11.5 Å². The molecule has 2 aromatic rings. The number of aromatic nitrogens is 2.